The van der Waals surface area contributed by atoms with Crippen molar-refractivity contribution >= 4 is 5.69 Å². The molecule has 0 saturated heterocycles. The van der Waals surface area contributed by atoms with E-state index in [1.807, 2.05) is 37.3 Å². The van der Waals surface area contributed by atoms with E-state index in [9.17, 15) is 15.2 Å². The van der Waals surface area contributed by atoms with Crippen LogP contribution in [-0.4, -0.2) is 35.8 Å². The number of aryl methyl sites for hydroxylation is 2. The van der Waals surface area contributed by atoms with Crippen molar-refractivity contribution < 1.29 is 14.8 Å². The summed E-state index contributed by atoms with van der Waals surface area (Å²) >= 11 is 0. The van der Waals surface area contributed by atoms with Crippen LogP contribution in [0.1, 0.15) is 17.5 Å². The molecule has 2 rings (SSSR count). The van der Waals surface area contributed by atoms with E-state index in [1.54, 1.807) is 12.1 Å². The minimum absolute atomic E-state index is 0.120. The molecule has 0 aromatic heterocycles. The fraction of sp³-hybridized carbons (Fsp3) is 0.368. The van der Waals surface area contributed by atoms with Gasteiger partial charge in [0.05, 0.1) is 4.92 Å². The van der Waals surface area contributed by atoms with Crippen LogP contribution in [0.4, 0.5) is 5.69 Å². The molecule has 134 valence electrons. The third kappa shape index (κ3) is 6.91. The molecular formula is C19H24N2O4. The summed E-state index contributed by atoms with van der Waals surface area (Å²) < 4.78 is 5.56. The number of non-ortho nitro benzene ring substituents is 1. The number of nitrogens with zero attached hydrogens (tertiary/aromatic N) is 1. The van der Waals surface area contributed by atoms with Crippen molar-refractivity contribution in [3.63, 3.8) is 0 Å². The molecule has 0 amide bonds. The minimum Gasteiger partial charge on any atom is -0.491 e. The number of aliphatic hydroxyl groups excluding tert-OH is 1. The molecule has 1 atom stereocenters. The number of hydrogen-bond acceptors (Lipinski definition) is 5. The van der Waals surface area contributed by atoms with Crippen molar-refractivity contribution in [2.75, 3.05) is 19.7 Å². The van der Waals surface area contributed by atoms with E-state index in [4.69, 9.17) is 4.74 Å². The van der Waals surface area contributed by atoms with E-state index < -0.39 is 6.10 Å². The summed E-state index contributed by atoms with van der Waals surface area (Å²) in [5.41, 5.74) is 2.18. The molecule has 0 bridgehead atoms. The Kier molecular flexibility index (Phi) is 7.37. The summed E-state index contributed by atoms with van der Waals surface area (Å²) in [6, 6.07) is 14.4. The lowest BCUT2D eigenvalue weighted by Gasteiger charge is -2.13. The van der Waals surface area contributed by atoms with Gasteiger partial charge in [-0.3, -0.25) is 10.1 Å². The van der Waals surface area contributed by atoms with Crippen LogP contribution >= 0.6 is 0 Å². The summed E-state index contributed by atoms with van der Waals surface area (Å²) in [6.07, 6.45) is 1.01. The minimum atomic E-state index is -0.585. The van der Waals surface area contributed by atoms with E-state index in [0.717, 1.165) is 36.3 Å². The number of nitrogens with one attached hydrogen (secondary N) is 1. The molecule has 0 aliphatic carbocycles. The Balaban J connectivity index is 1.61. The number of nitro benzene ring substituents is 1. The smallest absolute Gasteiger partial charge is 0.269 e. The third-order valence-corrected chi connectivity index (χ3v) is 3.75. The summed E-state index contributed by atoms with van der Waals surface area (Å²) in [6.45, 7) is 3.40. The Morgan fingerprint density at radius 2 is 2.04 bits per heavy atom. The van der Waals surface area contributed by atoms with Gasteiger partial charge < -0.3 is 15.2 Å². The fourth-order valence-corrected chi connectivity index (χ4v) is 2.47. The second-order valence-corrected chi connectivity index (χ2v) is 6.02. The Hall–Kier alpha value is -2.44. The number of nitro groups is 1. The maximum Gasteiger partial charge on any atom is 0.269 e. The highest BCUT2D eigenvalue weighted by atomic mass is 16.6. The normalized spacial score (nSPS) is 11.9. The highest BCUT2D eigenvalue weighted by Gasteiger charge is 2.07. The molecule has 2 aromatic rings. The van der Waals surface area contributed by atoms with Gasteiger partial charge in [-0.25, -0.2) is 0 Å². The molecule has 0 radical (unpaired) electrons. The van der Waals surface area contributed by atoms with Crippen molar-refractivity contribution in [3.05, 3.63) is 69.8 Å². The van der Waals surface area contributed by atoms with Crippen LogP contribution < -0.4 is 10.1 Å². The van der Waals surface area contributed by atoms with E-state index in [1.165, 1.54) is 6.07 Å². The lowest BCUT2D eigenvalue weighted by Crippen LogP contribution is -2.32. The van der Waals surface area contributed by atoms with Crippen molar-refractivity contribution in [2.24, 2.45) is 0 Å². The predicted molar refractivity (Wildman–Crippen MR) is 97.0 cm³/mol. The number of benzene rings is 2. The molecule has 6 heteroatoms. The molecular weight excluding hydrogens is 320 g/mol. The van der Waals surface area contributed by atoms with Gasteiger partial charge in [0, 0.05) is 18.7 Å². The summed E-state index contributed by atoms with van der Waals surface area (Å²) in [4.78, 5) is 10.4. The van der Waals surface area contributed by atoms with Crippen molar-refractivity contribution in [1.82, 2.24) is 5.32 Å². The van der Waals surface area contributed by atoms with E-state index in [2.05, 4.69) is 5.32 Å². The number of aliphatic hydroxyl groups is 1. The van der Waals surface area contributed by atoms with Crippen molar-refractivity contribution in [2.45, 2.75) is 25.9 Å². The first-order valence-electron chi connectivity index (χ1n) is 8.36. The van der Waals surface area contributed by atoms with Crippen LogP contribution in [0.5, 0.6) is 5.75 Å². The second-order valence-electron chi connectivity index (χ2n) is 6.02. The topological polar surface area (TPSA) is 84.6 Å². The molecule has 6 nitrogen and oxygen atoms in total. The molecule has 2 N–H and O–H groups in total. The maximum atomic E-state index is 10.7. The van der Waals surface area contributed by atoms with Gasteiger partial charge >= 0.3 is 0 Å². The molecule has 0 spiro atoms. The highest BCUT2D eigenvalue weighted by Crippen LogP contribution is 2.14. The summed E-state index contributed by atoms with van der Waals surface area (Å²) in [5, 5.41) is 23.8. The van der Waals surface area contributed by atoms with E-state index in [0.29, 0.717) is 6.54 Å². The van der Waals surface area contributed by atoms with Gasteiger partial charge in [-0.15, -0.1) is 0 Å². The van der Waals surface area contributed by atoms with Crippen LogP contribution in [0.2, 0.25) is 0 Å². The van der Waals surface area contributed by atoms with E-state index >= 15 is 0 Å². The average molecular weight is 344 g/mol. The van der Waals surface area contributed by atoms with Crippen LogP contribution in [0.15, 0.2) is 48.5 Å². The van der Waals surface area contributed by atoms with Crippen LogP contribution in [0.3, 0.4) is 0 Å². The van der Waals surface area contributed by atoms with Gasteiger partial charge in [0.15, 0.2) is 0 Å². The first-order chi connectivity index (χ1) is 12.0. The second kappa shape index (κ2) is 9.76. The van der Waals surface area contributed by atoms with Gasteiger partial charge in [-0.2, -0.15) is 0 Å². The van der Waals surface area contributed by atoms with Crippen LogP contribution in [-0.2, 0) is 6.42 Å². The molecule has 2 aromatic carbocycles. The molecule has 0 heterocycles. The lowest BCUT2D eigenvalue weighted by atomic mass is 10.1. The fourth-order valence-electron chi connectivity index (χ4n) is 2.47. The first kappa shape index (κ1) is 18.9. The van der Waals surface area contributed by atoms with Crippen molar-refractivity contribution in [1.29, 1.82) is 0 Å². The summed E-state index contributed by atoms with van der Waals surface area (Å²) in [5.74, 6) is 0.754. The number of hydrogen-bond donors (Lipinski definition) is 2. The van der Waals surface area contributed by atoms with Gasteiger partial charge in [0.25, 0.3) is 5.69 Å². The van der Waals surface area contributed by atoms with Crippen LogP contribution in [0, 0.1) is 17.0 Å². The van der Waals surface area contributed by atoms with Gasteiger partial charge in [0.1, 0.15) is 18.5 Å². The largest absolute Gasteiger partial charge is 0.491 e. The Bertz CT molecular complexity index is 691. The zero-order valence-corrected chi connectivity index (χ0v) is 14.4. The quantitative estimate of drug-likeness (QED) is 0.393. The van der Waals surface area contributed by atoms with Crippen LogP contribution in [0.25, 0.3) is 0 Å². The molecule has 25 heavy (non-hydrogen) atoms. The Morgan fingerprint density at radius 3 is 2.80 bits per heavy atom. The van der Waals surface area contributed by atoms with Gasteiger partial charge in [0.2, 0.25) is 0 Å². The zero-order valence-electron chi connectivity index (χ0n) is 14.4. The molecule has 0 fully saturated rings. The number of rotatable bonds is 10. The molecule has 1 unspecified atom stereocenters. The Morgan fingerprint density at radius 1 is 1.24 bits per heavy atom. The predicted octanol–water partition coefficient (Wildman–Crippen LogP) is 2.87. The summed E-state index contributed by atoms with van der Waals surface area (Å²) in [7, 11) is 0. The lowest BCUT2D eigenvalue weighted by molar-refractivity contribution is -0.384. The zero-order chi connectivity index (χ0) is 18.1. The standard InChI is InChI=1S/C19H24N2O4/c1-15-5-2-9-19(11-15)25-14-18(22)13-20-10-4-7-16-6-3-8-17(12-16)21(23)24/h2-3,5-6,8-9,11-12,18,20,22H,4,7,10,13-14H2,1H3. The number of ether oxygens (including phenoxy) is 1. The maximum absolute atomic E-state index is 10.7. The SMILES string of the molecule is Cc1cccc(OCC(O)CNCCCc2cccc([N+](=O)[O-])c2)c1. The van der Waals surface area contributed by atoms with Crippen molar-refractivity contribution in [3.8, 4) is 5.75 Å². The monoisotopic (exact) mass is 344 g/mol. The molecule has 0 aliphatic heterocycles. The third-order valence-electron chi connectivity index (χ3n) is 3.75. The van der Waals surface area contributed by atoms with E-state index in [-0.39, 0.29) is 17.2 Å². The van der Waals surface area contributed by atoms with Gasteiger partial charge in [-0.05, 0) is 49.6 Å². The average Bonchev–Trinajstić information content (AvgIpc) is 2.60. The van der Waals surface area contributed by atoms with Gasteiger partial charge in [-0.1, -0.05) is 24.3 Å². The first-order valence-corrected chi connectivity index (χ1v) is 8.36. The highest BCUT2D eigenvalue weighted by molar-refractivity contribution is 5.34. The molecule has 0 saturated carbocycles. The Labute approximate surface area is 147 Å². The molecule has 0 aliphatic rings.